The van der Waals surface area contributed by atoms with Gasteiger partial charge in [-0.2, -0.15) is 4.68 Å². The average molecular weight is 425 g/mol. The molecule has 0 radical (unpaired) electrons. The van der Waals surface area contributed by atoms with Crippen molar-refractivity contribution in [2.24, 2.45) is 0 Å². The molecule has 0 aliphatic rings. The second-order valence-electron chi connectivity index (χ2n) is 5.51. The molecule has 3 rings (SSSR count). The zero-order chi connectivity index (χ0) is 19.6. The van der Waals surface area contributed by atoms with Crippen LogP contribution < -0.4 is 5.32 Å². The molecule has 0 spiro atoms. The van der Waals surface area contributed by atoms with Crippen LogP contribution in [-0.2, 0) is 0 Å². The van der Waals surface area contributed by atoms with E-state index >= 15 is 0 Å². The summed E-state index contributed by atoms with van der Waals surface area (Å²) in [5.74, 6) is -0.0388. The Morgan fingerprint density at radius 2 is 1.89 bits per heavy atom. The van der Waals surface area contributed by atoms with Crippen LogP contribution in [0.4, 0.5) is 5.69 Å². The maximum absolute atomic E-state index is 11.8. The Balaban J connectivity index is 2.30. The van der Waals surface area contributed by atoms with E-state index in [1.807, 2.05) is 25.1 Å². The SMILES string of the molecule is Cc1cccc(N/C(=C(\C(Cl)=C(Cl)Cl)[N+](=O)[O-])n2nnc3ccccc32)c1. The Labute approximate surface area is 169 Å². The number of hydrogen-bond acceptors (Lipinski definition) is 5. The first-order valence-corrected chi connectivity index (χ1v) is 8.76. The van der Waals surface area contributed by atoms with Gasteiger partial charge in [-0.1, -0.05) is 64.3 Å². The number of aryl methyl sites for hydroxylation is 1. The minimum atomic E-state index is -0.679. The van der Waals surface area contributed by atoms with E-state index in [9.17, 15) is 10.1 Å². The molecular formula is C17H12Cl3N5O2. The smallest absolute Gasteiger partial charge is 0.332 e. The van der Waals surface area contributed by atoms with Crippen LogP contribution in [0.2, 0.25) is 0 Å². The van der Waals surface area contributed by atoms with E-state index in [1.54, 1.807) is 30.3 Å². The van der Waals surface area contributed by atoms with Gasteiger partial charge in [-0.25, -0.2) is 0 Å². The van der Waals surface area contributed by atoms with E-state index in [0.29, 0.717) is 16.7 Å². The van der Waals surface area contributed by atoms with Crippen molar-refractivity contribution >= 4 is 57.3 Å². The highest BCUT2D eigenvalue weighted by molar-refractivity contribution is 6.59. The number of anilines is 1. The number of nitro groups is 1. The number of benzene rings is 2. The molecule has 10 heteroatoms. The quantitative estimate of drug-likeness (QED) is 0.348. The number of halogens is 3. The molecule has 27 heavy (non-hydrogen) atoms. The van der Waals surface area contributed by atoms with Gasteiger partial charge < -0.3 is 5.32 Å². The lowest BCUT2D eigenvalue weighted by molar-refractivity contribution is -0.419. The standard InChI is InChI=1S/C17H12Cl3N5O2/c1-10-5-4-6-11(9-10)21-17(15(25(26)27)14(18)16(19)20)24-13-8-3-2-7-12(13)22-23-24/h2-9,21H,1H3/b17-15-. The molecule has 7 nitrogen and oxygen atoms in total. The Hall–Kier alpha value is -2.61. The third-order valence-corrected chi connectivity index (χ3v) is 4.56. The average Bonchev–Trinajstić information content (AvgIpc) is 3.04. The monoisotopic (exact) mass is 423 g/mol. The predicted octanol–water partition coefficient (Wildman–Crippen LogP) is 5.14. The number of rotatable bonds is 5. The lowest BCUT2D eigenvalue weighted by Gasteiger charge is -2.13. The van der Waals surface area contributed by atoms with Crippen molar-refractivity contribution in [1.82, 2.24) is 15.0 Å². The molecule has 0 bridgehead atoms. The summed E-state index contributed by atoms with van der Waals surface area (Å²) in [5.41, 5.74) is 2.12. The van der Waals surface area contributed by atoms with Gasteiger partial charge in [-0.15, -0.1) is 5.10 Å². The highest BCUT2D eigenvalue weighted by Gasteiger charge is 2.28. The number of para-hydroxylation sites is 1. The van der Waals surface area contributed by atoms with Gasteiger partial charge in [0, 0.05) is 5.69 Å². The third-order valence-electron chi connectivity index (χ3n) is 3.63. The Bertz CT molecular complexity index is 1090. The van der Waals surface area contributed by atoms with Crippen LogP contribution >= 0.6 is 34.8 Å². The molecule has 0 aliphatic carbocycles. The second kappa shape index (κ2) is 7.96. The lowest BCUT2D eigenvalue weighted by Crippen LogP contribution is -2.16. The van der Waals surface area contributed by atoms with Crippen molar-refractivity contribution in [1.29, 1.82) is 0 Å². The molecule has 2 aromatic carbocycles. The van der Waals surface area contributed by atoms with Crippen molar-refractivity contribution in [3.8, 4) is 0 Å². The molecule has 0 saturated heterocycles. The van der Waals surface area contributed by atoms with E-state index < -0.39 is 20.1 Å². The molecule has 1 aromatic heterocycles. The molecule has 3 aromatic rings. The van der Waals surface area contributed by atoms with Gasteiger partial charge in [-0.3, -0.25) is 10.1 Å². The highest BCUT2D eigenvalue weighted by Crippen LogP contribution is 2.31. The van der Waals surface area contributed by atoms with Crippen molar-refractivity contribution < 1.29 is 4.92 Å². The maximum atomic E-state index is 11.8. The normalized spacial score (nSPS) is 11.9. The number of hydrogen-bond donors (Lipinski definition) is 1. The fourth-order valence-electron chi connectivity index (χ4n) is 2.47. The zero-order valence-electron chi connectivity index (χ0n) is 13.9. The molecule has 1 N–H and O–H groups in total. The summed E-state index contributed by atoms with van der Waals surface area (Å²) >= 11 is 17.5. The van der Waals surface area contributed by atoms with Crippen LogP contribution in [0.1, 0.15) is 5.56 Å². The third kappa shape index (κ3) is 4.05. The summed E-state index contributed by atoms with van der Waals surface area (Å²) in [7, 11) is 0. The summed E-state index contributed by atoms with van der Waals surface area (Å²) in [6.45, 7) is 1.90. The molecule has 1 heterocycles. The highest BCUT2D eigenvalue weighted by atomic mass is 35.5. The number of aromatic nitrogens is 3. The molecule has 0 unspecified atom stereocenters. The van der Waals surface area contributed by atoms with Gasteiger partial charge in [0.05, 0.1) is 10.4 Å². The number of nitrogens with zero attached hydrogens (tertiary/aromatic N) is 4. The number of allylic oxidation sites excluding steroid dienone is 1. The number of fused-ring (bicyclic) bond motifs is 1. The van der Waals surface area contributed by atoms with E-state index in [4.69, 9.17) is 34.8 Å². The van der Waals surface area contributed by atoms with E-state index in [1.165, 1.54) is 4.68 Å². The first kappa shape index (κ1) is 19.2. The van der Waals surface area contributed by atoms with Crippen LogP contribution in [-0.4, -0.2) is 19.9 Å². The zero-order valence-corrected chi connectivity index (χ0v) is 16.1. The van der Waals surface area contributed by atoms with Crippen molar-refractivity contribution in [2.75, 3.05) is 5.32 Å². The summed E-state index contributed by atoms with van der Waals surface area (Å²) in [5, 5.41) is 22.4. The van der Waals surface area contributed by atoms with Crippen molar-refractivity contribution in [3.05, 3.63) is 79.4 Å². The fourth-order valence-corrected chi connectivity index (χ4v) is 2.80. The Morgan fingerprint density at radius 3 is 2.56 bits per heavy atom. The van der Waals surface area contributed by atoms with Crippen LogP contribution in [0.15, 0.2) is 63.8 Å². The van der Waals surface area contributed by atoms with E-state index in [0.717, 1.165) is 5.56 Å². The summed E-state index contributed by atoms with van der Waals surface area (Å²) < 4.78 is 0.853. The van der Waals surface area contributed by atoms with Crippen LogP contribution in [0.5, 0.6) is 0 Å². The van der Waals surface area contributed by atoms with Gasteiger partial charge in [0.25, 0.3) is 0 Å². The molecule has 138 valence electrons. The minimum Gasteiger partial charge on any atom is -0.334 e. The summed E-state index contributed by atoms with van der Waals surface area (Å²) in [6, 6.07) is 14.3. The first-order valence-electron chi connectivity index (χ1n) is 7.63. The van der Waals surface area contributed by atoms with Crippen LogP contribution in [0, 0.1) is 17.0 Å². The van der Waals surface area contributed by atoms with Gasteiger partial charge in [0.1, 0.15) is 10.0 Å². The molecule has 0 atom stereocenters. The van der Waals surface area contributed by atoms with Gasteiger partial charge in [0.15, 0.2) is 5.03 Å². The topological polar surface area (TPSA) is 85.9 Å². The molecule has 0 aliphatic heterocycles. The van der Waals surface area contributed by atoms with E-state index in [2.05, 4.69) is 15.6 Å². The van der Waals surface area contributed by atoms with Gasteiger partial charge in [0.2, 0.25) is 5.82 Å². The van der Waals surface area contributed by atoms with Crippen LogP contribution in [0.25, 0.3) is 16.9 Å². The Kier molecular flexibility index (Phi) is 5.65. The summed E-state index contributed by atoms with van der Waals surface area (Å²) in [6.07, 6.45) is 0. The lowest BCUT2D eigenvalue weighted by atomic mass is 10.2. The Morgan fingerprint density at radius 1 is 1.15 bits per heavy atom. The molecule has 0 amide bonds. The second-order valence-corrected chi connectivity index (χ2v) is 6.84. The van der Waals surface area contributed by atoms with Gasteiger partial charge in [-0.05, 0) is 36.8 Å². The van der Waals surface area contributed by atoms with Crippen LogP contribution in [0.3, 0.4) is 0 Å². The first-order chi connectivity index (χ1) is 12.9. The fraction of sp³-hybridized carbons (Fsp3) is 0.0588. The molecular weight excluding hydrogens is 413 g/mol. The summed E-state index contributed by atoms with van der Waals surface area (Å²) in [4.78, 5) is 11.1. The molecule has 0 fully saturated rings. The number of nitrogens with one attached hydrogen (secondary N) is 1. The van der Waals surface area contributed by atoms with E-state index in [-0.39, 0.29) is 5.82 Å². The molecule has 0 saturated carbocycles. The largest absolute Gasteiger partial charge is 0.334 e. The van der Waals surface area contributed by atoms with Crippen molar-refractivity contribution in [2.45, 2.75) is 6.92 Å². The minimum absolute atomic E-state index is 0.0388. The predicted molar refractivity (Wildman–Crippen MR) is 107 cm³/mol. The van der Waals surface area contributed by atoms with Crippen molar-refractivity contribution in [3.63, 3.8) is 0 Å². The maximum Gasteiger partial charge on any atom is 0.332 e. The van der Waals surface area contributed by atoms with Gasteiger partial charge >= 0.3 is 5.70 Å².